The maximum absolute atomic E-state index is 13.0. The molecule has 4 heterocycles. The van der Waals surface area contributed by atoms with Crippen LogP contribution < -0.4 is 0 Å². The molecule has 30 heavy (non-hydrogen) atoms. The van der Waals surface area contributed by atoms with Gasteiger partial charge < -0.3 is 14.2 Å². The third-order valence-electron chi connectivity index (χ3n) is 6.46. The van der Waals surface area contributed by atoms with E-state index in [2.05, 4.69) is 4.98 Å². The van der Waals surface area contributed by atoms with Crippen molar-refractivity contribution in [2.24, 2.45) is 0 Å². The first-order valence-electron chi connectivity index (χ1n) is 10.5. The second kappa shape index (κ2) is 7.47. The van der Waals surface area contributed by atoms with Gasteiger partial charge in [-0.2, -0.15) is 4.31 Å². The van der Waals surface area contributed by atoms with Gasteiger partial charge in [-0.3, -0.25) is 4.79 Å². The molecule has 2 fully saturated rings. The molecule has 3 aliphatic rings. The number of likely N-dealkylation sites (tertiary alicyclic amines) is 1. The van der Waals surface area contributed by atoms with Gasteiger partial charge in [-0.05, 0) is 37.8 Å². The monoisotopic (exact) mass is 430 g/mol. The minimum absolute atomic E-state index is 0.0329. The van der Waals surface area contributed by atoms with Crippen LogP contribution in [0.3, 0.4) is 0 Å². The van der Waals surface area contributed by atoms with E-state index in [-0.39, 0.29) is 5.91 Å². The van der Waals surface area contributed by atoms with Crippen molar-refractivity contribution in [2.75, 3.05) is 26.2 Å². The maximum Gasteiger partial charge on any atom is 0.253 e. The highest BCUT2D eigenvalue weighted by Gasteiger charge is 2.49. The van der Waals surface area contributed by atoms with E-state index in [0.29, 0.717) is 37.4 Å². The first-order chi connectivity index (χ1) is 14.5. The molecule has 3 aliphatic heterocycles. The van der Waals surface area contributed by atoms with Crippen LogP contribution in [0.2, 0.25) is 0 Å². The van der Waals surface area contributed by atoms with Gasteiger partial charge in [0.2, 0.25) is 10.0 Å². The van der Waals surface area contributed by atoms with Gasteiger partial charge >= 0.3 is 0 Å². The minimum Gasteiger partial charge on any atom is -0.352 e. The number of ether oxygens (including phenoxy) is 1. The first kappa shape index (κ1) is 19.7. The van der Waals surface area contributed by atoms with Crippen LogP contribution in [0.15, 0.2) is 47.6 Å². The van der Waals surface area contributed by atoms with Crippen LogP contribution >= 0.6 is 0 Å². The fourth-order valence-corrected chi connectivity index (χ4v) is 6.30. The van der Waals surface area contributed by atoms with Crippen molar-refractivity contribution in [2.45, 2.75) is 48.8 Å². The lowest BCUT2D eigenvalue weighted by Crippen LogP contribution is -2.55. The number of benzene rings is 1. The van der Waals surface area contributed by atoms with Crippen LogP contribution in [-0.4, -0.2) is 65.4 Å². The lowest BCUT2D eigenvalue weighted by Gasteiger charge is -2.45. The Morgan fingerprint density at radius 3 is 2.47 bits per heavy atom. The van der Waals surface area contributed by atoms with Gasteiger partial charge in [0.25, 0.3) is 5.91 Å². The lowest BCUT2D eigenvalue weighted by atomic mass is 9.89. The Labute approximate surface area is 176 Å². The van der Waals surface area contributed by atoms with E-state index in [9.17, 15) is 13.2 Å². The first-order valence-corrected chi connectivity index (χ1v) is 12.0. The van der Waals surface area contributed by atoms with E-state index in [1.54, 1.807) is 36.5 Å². The summed E-state index contributed by atoms with van der Waals surface area (Å²) < 4.78 is 36.0. The van der Waals surface area contributed by atoms with E-state index in [0.717, 1.165) is 31.8 Å². The summed E-state index contributed by atoms with van der Waals surface area (Å²) in [5, 5.41) is 0. The lowest BCUT2D eigenvalue weighted by molar-refractivity contribution is -0.178. The second-order valence-electron chi connectivity index (χ2n) is 8.25. The highest BCUT2D eigenvalue weighted by molar-refractivity contribution is 7.89. The van der Waals surface area contributed by atoms with Crippen LogP contribution in [0.4, 0.5) is 0 Å². The number of carbonyl (C=O) groups excluding carboxylic acids is 1. The Morgan fingerprint density at radius 1 is 1.07 bits per heavy atom. The summed E-state index contributed by atoms with van der Waals surface area (Å²) in [5.41, 5.74) is -0.732. The zero-order valence-electron chi connectivity index (χ0n) is 16.8. The SMILES string of the molecule is O=C([C@H]1Cn2ccnc2C2(CCN(S(=O)(=O)c3ccccc3)CC2)O1)N1CCCC1. The van der Waals surface area contributed by atoms with Crippen LogP contribution in [0.1, 0.15) is 31.5 Å². The third kappa shape index (κ3) is 3.25. The van der Waals surface area contributed by atoms with Gasteiger partial charge in [-0.1, -0.05) is 18.2 Å². The van der Waals surface area contributed by atoms with Gasteiger partial charge in [0.15, 0.2) is 6.10 Å². The van der Waals surface area contributed by atoms with E-state index < -0.39 is 21.7 Å². The van der Waals surface area contributed by atoms with Crippen molar-refractivity contribution < 1.29 is 17.9 Å². The normalized spacial score (nSPS) is 24.1. The van der Waals surface area contributed by atoms with Gasteiger partial charge in [0.1, 0.15) is 11.4 Å². The number of hydrogen-bond donors (Lipinski definition) is 0. The average molecular weight is 431 g/mol. The molecular formula is C21H26N4O4S. The van der Waals surface area contributed by atoms with Crippen LogP contribution in [-0.2, 0) is 31.7 Å². The van der Waals surface area contributed by atoms with Crippen LogP contribution in [0, 0.1) is 0 Å². The number of nitrogens with zero attached hydrogens (tertiary/aromatic N) is 4. The third-order valence-corrected chi connectivity index (χ3v) is 8.37. The zero-order chi connectivity index (χ0) is 20.8. The highest BCUT2D eigenvalue weighted by Crippen LogP contribution is 2.41. The number of rotatable bonds is 3. The predicted octanol–water partition coefficient (Wildman–Crippen LogP) is 1.58. The molecular weight excluding hydrogens is 404 g/mol. The van der Waals surface area contributed by atoms with Gasteiger partial charge in [0.05, 0.1) is 11.4 Å². The van der Waals surface area contributed by atoms with E-state index in [4.69, 9.17) is 4.74 Å². The molecule has 0 saturated carbocycles. The zero-order valence-corrected chi connectivity index (χ0v) is 17.6. The fraction of sp³-hybridized carbons (Fsp3) is 0.524. The molecule has 160 valence electrons. The van der Waals surface area contributed by atoms with E-state index in [1.807, 2.05) is 15.7 Å². The molecule has 0 aliphatic carbocycles. The summed E-state index contributed by atoms with van der Waals surface area (Å²) in [6.07, 6.45) is 6.08. The largest absolute Gasteiger partial charge is 0.352 e. The molecule has 9 heteroatoms. The quantitative estimate of drug-likeness (QED) is 0.738. The minimum atomic E-state index is -3.55. The molecule has 0 radical (unpaired) electrons. The number of piperidine rings is 1. The number of hydrogen-bond acceptors (Lipinski definition) is 5. The molecule has 2 aromatic rings. The number of aromatic nitrogens is 2. The summed E-state index contributed by atoms with van der Waals surface area (Å²) in [7, 11) is -3.55. The average Bonchev–Trinajstić information content (AvgIpc) is 3.47. The van der Waals surface area contributed by atoms with Gasteiger partial charge in [-0.15, -0.1) is 0 Å². The van der Waals surface area contributed by atoms with Crippen molar-refractivity contribution in [3.63, 3.8) is 0 Å². The summed E-state index contributed by atoms with van der Waals surface area (Å²) >= 11 is 0. The molecule has 0 N–H and O–H groups in total. The summed E-state index contributed by atoms with van der Waals surface area (Å²) in [5.74, 6) is 0.829. The highest BCUT2D eigenvalue weighted by atomic mass is 32.2. The van der Waals surface area contributed by atoms with Crippen LogP contribution in [0.5, 0.6) is 0 Å². The van der Waals surface area contributed by atoms with Crippen LogP contribution in [0.25, 0.3) is 0 Å². The molecule has 1 spiro atoms. The predicted molar refractivity (Wildman–Crippen MR) is 109 cm³/mol. The van der Waals surface area contributed by atoms with E-state index >= 15 is 0 Å². The molecule has 1 atom stereocenters. The molecule has 2 saturated heterocycles. The summed E-state index contributed by atoms with van der Waals surface area (Å²) in [4.78, 5) is 19.7. The fourth-order valence-electron chi connectivity index (χ4n) is 4.84. The Hall–Kier alpha value is -2.23. The Bertz CT molecular complexity index is 1020. The second-order valence-corrected chi connectivity index (χ2v) is 10.2. The van der Waals surface area contributed by atoms with Crippen molar-refractivity contribution in [3.05, 3.63) is 48.5 Å². The molecule has 1 aromatic heterocycles. The summed E-state index contributed by atoms with van der Waals surface area (Å²) in [6, 6.07) is 8.50. The smallest absolute Gasteiger partial charge is 0.253 e. The number of amides is 1. The van der Waals surface area contributed by atoms with Gasteiger partial charge in [-0.25, -0.2) is 13.4 Å². The Kier molecular flexibility index (Phi) is 4.91. The summed E-state index contributed by atoms with van der Waals surface area (Å²) in [6.45, 7) is 2.68. The standard InChI is InChI=1S/C21H26N4O4S/c26-19(23-11-4-5-12-23)18-16-24-15-10-22-20(24)21(29-18)8-13-25(14-9-21)30(27,28)17-6-2-1-3-7-17/h1-3,6-7,10,15,18H,4-5,8-9,11-14,16H2/t18-/m1/s1. The number of carbonyl (C=O) groups is 1. The molecule has 1 amide bonds. The molecule has 8 nitrogen and oxygen atoms in total. The molecule has 0 bridgehead atoms. The Morgan fingerprint density at radius 2 is 1.77 bits per heavy atom. The van der Waals surface area contributed by atoms with E-state index in [1.165, 1.54) is 4.31 Å². The van der Waals surface area contributed by atoms with Crippen molar-refractivity contribution >= 4 is 15.9 Å². The Balaban J connectivity index is 1.38. The molecule has 0 unspecified atom stereocenters. The molecule has 5 rings (SSSR count). The number of imidazole rings is 1. The van der Waals surface area contributed by atoms with Gasteiger partial charge in [0, 0.05) is 38.6 Å². The van der Waals surface area contributed by atoms with Crippen molar-refractivity contribution in [1.29, 1.82) is 0 Å². The number of sulfonamides is 1. The topological polar surface area (TPSA) is 84.7 Å². The van der Waals surface area contributed by atoms with Crippen molar-refractivity contribution in [1.82, 2.24) is 18.8 Å². The number of fused-ring (bicyclic) bond motifs is 2. The van der Waals surface area contributed by atoms with Crippen molar-refractivity contribution in [3.8, 4) is 0 Å². The molecule has 1 aromatic carbocycles. The maximum atomic E-state index is 13.0.